The smallest absolute Gasteiger partial charge is 0.343 e. The number of aromatic nitrogens is 4. The highest BCUT2D eigenvalue weighted by atomic mass is 19.1. The molecule has 4 N–H and O–H groups in total. The molecule has 0 spiro atoms. The number of fused-ring (bicyclic) bond motifs is 1. The van der Waals surface area contributed by atoms with Crippen LogP contribution >= 0.6 is 0 Å². The Morgan fingerprint density at radius 1 is 1.43 bits per heavy atom. The molecule has 0 bridgehead atoms. The fourth-order valence-corrected chi connectivity index (χ4v) is 3.66. The van der Waals surface area contributed by atoms with Crippen LogP contribution < -0.4 is 16.0 Å². The third-order valence-electron chi connectivity index (χ3n) is 4.80. The molecule has 0 saturated carbocycles. The second-order valence-corrected chi connectivity index (χ2v) is 6.55. The van der Waals surface area contributed by atoms with Gasteiger partial charge in [0.25, 0.3) is 0 Å². The second kappa shape index (κ2) is 7.39. The van der Waals surface area contributed by atoms with E-state index in [1.165, 1.54) is 16.8 Å². The van der Waals surface area contributed by atoms with Gasteiger partial charge in [-0.15, -0.1) is 5.10 Å². The monoisotopic (exact) mass is 385 g/mol. The quantitative estimate of drug-likeness (QED) is 0.586. The second-order valence-electron chi connectivity index (χ2n) is 6.55. The SMILES string of the molecule is NCCNc1ncc(F)cc1[C@H]1CCCN1c1nn2cccnc2c1C(=O)O. The Balaban J connectivity index is 1.80. The van der Waals surface area contributed by atoms with Crippen LogP contribution in [0.15, 0.2) is 30.7 Å². The molecule has 0 amide bonds. The summed E-state index contributed by atoms with van der Waals surface area (Å²) in [5, 5.41) is 17.3. The fraction of sp³-hybridized carbons (Fsp3) is 0.333. The molecule has 3 aromatic heterocycles. The fourth-order valence-electron chi connectivity index (χ4n) is 3.66. The summed E-state index contributed by atoms with van der Waals surface area (Å²) in [7, 11) is 0. The number of hydrogen-bond donors (Lipinski definition) is 3. The van der Waals surface area contributed by atoms with Crippen molar-refractivity contribution in [3.05, 3.63) is 47.7 Å². The van der Waals surface area contributed by atoms with Crippen molar-refractivity contribution in [1.82, 2.24) is 19.6 Å². The highest BCUT2D eigenvalue weighted by Crippen LogP contribution is 2.40. The van der Waals surface area contributed by atoms with Crippen LogP contribution in [0.2, 0.25) is 0 Å². The van der Waals surface area contributed by atoms with Gasteiger partial charge in [0.1, 0.15) is 17.2 Å². The average molecular weight is 385 g/mol. The van der Waals surface area contributed by atoms with Gasteiger partial charge in [0, 0.05) is 37.6 Å². The van der Waals surface area contributed by atoms with E-state index < -0.39 is 11.8 Å². The molecule has 1 atom stereocenters. The van der Waals surface area contributed by atoms with Crippen molar-refractivity contribution in [3.63, 3.8) is 0 Å². The number of aromatic carboxylic acids is 1. The first-order valence-electron chi connectivity index (χ1n) is 9.03. The van der Waals surface area contributed by atoms with Gasteiger partial charge in [-0.2, -0.15) is 0 Å². The van der Waals surface area contributed by atoms with Crippen LogP contribution in [0, 0.1) is 5.82 Å². The minimum absolute atomic E-state index is 0.0355. The summed E-state index contributed by atoms with van der Waals surface area (Å²) in [5.74, 6) is -0.686. The zero-order chi connectivity index (χ0) is 19.7. The summed E-state index contributed by atoms with van der Waals surface area (Å²) >= 11 is 0. The van der Waals surface area contributed by atoms with E-state index in [-0.39, 0.29) is 17.3 Å². The van der Waals surface area contributed by atoms with Crippen molar-refractivity contribution in [2.75, 3.05) is 29.9 Å². The van der Waals surface area contributed by atoms with Gasteiger partial charge in [-0.1, -0.05) is 0 Å². The van der Waals surface area contributed by atoms with E-state index in [9.17, 15) is 14.3 Å². The van der Waals surface area contributed by atoms with Gasteiger partial charge in [-0.3, -0.25) is 0 Å². The molecule has 146 valence electrons. The highest BCUT2D eigenvalue weighted by Gasteiger charge is 2.34. The van der Waals surface area contributed by atoms with Gasteiger partial charge in [0.15, 0.2) is 11.5 Å². The van der Waals surface area contributed by atoms with Crippen molar-refractivity contribution >= 4 is 23.3 Å². The Morgan fingerprint density at radius 3 is 3.07 bits per heavy atom. The molecule has 1 fully saturated rings. The van der Waals surface area contributed by atoms with Gasteiger partial charge in [0.05, 0.1) is 12.2 Å². The van der Waals surface area contributed by atoms with E-state index in [0.717, 1.165) is 19.0 Å². The molecular weight excluding hydrogens is 365 g/mol. The molecule has 0 aromatic carbocycles. The molecule has 1 aliphatic rings. The molecule has 3 aromatic rings. The Kier molecular flexibility index (Phi) is 4.78. The lowest BCUT2D eigenvalue weighted by molar-refractivity contribution is 0.0699. The number of carbonyl (C=O) groups is 1. The number of hydrogen-bond acceptors (Lipinski definition) is 7. The Hall–Kier alpha value is -3.27. The van der Waals surface area contributed by atoms with Gasteiger partial charge >= 0.3 is 5.97 Å². The Morgan fingerprint density at radius 2 is 2.29 bits per heavy atom. The number of carboxylic acids is 1. The van der Waals surface area contributed by atoms with Crippen molar-refractivity contribution in [3.8, 4) is 0 Å². The number of pyridine rings is 1. The molecule has 0 unspecified atom stereocenters. The van der Waals surface area contributed by atoms with Gasteiger partial charge < -0.3 is 21.1 Å². The zero-order valence-electron chi connectivity index (χ0n) is 15.0. The van der Waals surface area contributed by atoms with Gasteiger partial charge in [-0.25, -0.2) is 23.7 Å². The number of rotatable bonds is 6. The number of halogens is 1. The normalized spacial score (nSPS) is 16.6. The van der Waals surface area contributed by atoms with E-state index in [0.29, 0.717) is 36.8 Å². The molecule has 28 heavy (non-hydrogen) atoms. The summed E-state index contributed by atoms with van der Waals surface area (Å²) in [6.07, 6.45) is 5.88. The van der Waals surface area contributed by atoms with Crippen LogP contribution in [-0.2, 0) is 0 Å². The van der Waals surface area contributed by atoms with E-state index in [1.54, 1.807) is 12.3 Å². The minimum Gasteiger partial charge on any atom is -0.477 e. The molecule has 9 nitrogen and oxygen atoms in total. The third-order valence-corrected chi connectivity index (χ3v) is 4.80. The first-order valence-corrected chi connectivity index (χ1v) is 9.03. The largest absolute Gasteiger partial charge is 0.477 e. The van der Waals surface area contributed by atoms with E-state index in [4.69, 9.17) is 5.73 Å². The van der Waals surface area contributed by atoms with Crippen molar-refractivity contribution in [1.29, 1.82) is 0 Å². The molecule has 10 heteroatoms. The molecule has 0 radical (unpaired) electrons. The van der Waals surface area contributed by atoms with Crippen LogP contribution in [0.4, 0.5) is 16.0 Å². The summed E-state index contributed by atoms with van der Waals surface area (Å²) < 4.78 is 15.4. The van der Waals surface area contributed by atoms with Crippen molar-refractivity contribution in [2.45, 2.75) is 18.9 Å². The van der Waals surface area contributed by atoms with Crippen LogP contribution in [0.1, 0.15) is 34.8 Å². The van der Waals surface area contributed by atoms with E-state index >= 15 is 0 Å². The minimum atomic E-state index is -1.10. The topological polar surface area (TPSA) is 122 Å². The number of nitrogens with two attached hydrogens (primary N) is 1. The lowest BCUT2D eigenvalue weighted by Gasteiger charge is -2.27. The van der Waals surface area contributed by atoms with Gasteiger partial charge in [0.2, 0.25) is 0 Å². The highest BCUT2D eigenvalue weighted by molar-refractivity contribution is 6.00. The maximum Gasteiger partial charge on any atom is 0.343 e. The molecule has 0 aliphatic carbocycles. The lowest BCUT2D eigenvalue weighted by Crippen LogP contribution is -2.26. The summed E-state index contributed by atoms with van der Waals surface area (Å²) in [6, 6.07) is 2.86. The molecule has 4 heterocycles. The predicted molar refractivity (Wildman–Crippen MR) is 101 cm³/mol. The van der Waals surface area contributed by atoms with Crippen LogP contribution in [-0.4, -0.2) is 50.3 Å². The third kappa shape index (κ3) is 3.11. The van der Waals surface area contributed by atoms with Crippen molar-refractivity contribution < 1.29 is 14.3 Å². The summed E-state index contributed by atoms with van der Waals surface area (Å²) in [6.45, 7) is 1.51. The zero-order valence-corrected chi connectivity index (χ0v) is 15.0. The molecule has 1 aliphatic heterocycles. The number of nitrogens with zero attached hydrogens (tertiary/aromatic N) is 5. The first-order chi connectivity index (χ1) is 13.6. The van der Waals surface area contributed by atoms with Crippen LogP contribution in [0.25, 0.3) is 5.65 Å². The summed E-state index contributed by atoms with van der Waals surface area (Å²) in [4.78, 5) is 22.2. The number of carboxylic acid groups (broad SMARTS) is 1. The number of anilines is 2. The van der Waals surface area contributed by atoms with Crippen LogP contribution in [0.3, 0.4) is 0 Å². The van der Waals surface area contributed by atoms with Crippen LogP contribution in [0.5, 0.6) is 0 Å². The molecule has 1 saturated heterocycles. The van der Waals surface area contributed by atoms with Gasteiger partial charge in [-0.05, 0) is 25.0 Å². The Bertz CT molecular complexity index is 1020. The number of nitrogens with one attached hydrogen (secondary N) is 1. The maximum absolute atomic E-state index is 14.0. The Labute approximate surface area is 160 Å². The summed E-state index contributed by atoms with van der Waals surface area (Å²) in [5.41, 5.74) is 6.53. The predicted octanol–water partition coefficient (Wildman–Crippen LogP) is 1.67. The molecule has 4 rings (SSSR count). The lowest BCUT2D eigenvalue weighted by atomic mass is 10.0. The first kappa shape index (κ1) is 18.1. The molecular formula is C18H20FN7O2. The van der Waals surface area contributed by atoms with E-state index in [2.05, 4.69) is 20.4 Å². The standard InChI is InChI=1S/C18H20FN7O2/c19-11-9-12(15(23-10-11)21-6-4-20)13-3-1-7-25(13)17-14(18(27)28)16-22-5-2-8-26(16)24-17/h2,5,8-10,13H,1,3-4,6-7,20H2,(H,21,23)(H,27,28)/t13-/m1/s1. The van der Waals surface area contributed by atoms with E-state index in [1.807, 2.05) is 4.90 Å². The average Bonchev–Trinajstić information content (AvgIpc) is 3.31. The van der Waals surface area contributed by atoms with Crippen molar-refractivity contribution in [2.24, 2.45) is 5.73 Å². The maximum atomic E-state index is 14.0.